The van der Waals surface area contributed by atoms with Gasteiger partial charge in [0.2, 0.25) is 5.91 Å². The number of benzene rings is 3. The van der Waals surface area contributed by atoms with E-state index in [0.717, 1.165) is 16.7 Å². The number of hydrogen-bond acceptors (Lipinski definition) is 5. The summed E-state index contributed by atoms with van der Waals surface area (Å²) in [6.07, 6.45) is 1.59. The van der Waals surface area contributed by atoms with Gasteiger partial charge in [0, 0.05) is 25.8 Å². The Kier molecular flexibility index (Phi) is 7.83. The van der Waals surface area contributed by atoms with E-state index in [2.05, 4.69) is 5.10 Å². The molecule has 190 valence electrons. The van der Waals surface area contributed by atoms with Gasteiger partial charge in [-0.3, -0.25) is 19.4 Å². The molecule has 3 N–H and O–H groups in total. The average molecular weight is 500 g/mol. The first-order valence-electron chi connectivity index (χ1n) is 11.9. The van der Waals surface area contributed by atoms with Gasteiger partial charge in [-0.25, -0.2) is 4.79 Å². The van der Waals surface area contributed by atoms with Crippen LogP contribution < -0.4 is 15.6 Å². The Morgan fingerprint density at radius 1 is 1.05 bits per heavy atom. The van der Waals surface area contributed by atoms with Crippen molar-refractivity contribution < 1.29 is 19.5 Å². The molecule has 1 heterocycles. The predicted octanol–water partition coefficient (Wildman–Crippen LogP) is 3.47. The maximum atomic E-state index is 13.9. The topological polar surface area (TPSA) is 120 Å². The van der Waals surface area contributed by atoms with Crippen LogP contribution in [0.5, 0.6) is 0 Å². The molecule has 0 aromatic heterocycles. The lowest BCUT2D eigenvalue weighted by Crippen LogP contribution is -2.54. The van der Waals surface area contributed by atoms with E-state index in [1.54, 1.807) is 48.3 Å². The van der Waals surface area contributed by atoms with Crippen LogP contribution in [0, 0.1) is 0 Å². The minimum absolute atomic E-state index is 0.276. The largest absolute Gasteiger partial charge is 0.481 e. The number of anilines is 2. The molecule has 3 aromatic carbocycles. The maximum Gasteiger partial charge on any atom is 0.329 e. The third-order valence-corrected chi connectivity index (χ3v) is 6.40. The van der Waals surface area contributed by atoms with Crippen LogP contribution >= 0.6 is 0 Å². The number of carboxylic acid groups (broad SMARTS) is 1. The van der Waals surface area contributed by atoms with Gasteiger partial charge in [-0.05, 0) is 41.3 Å². The van der Waals surface area contributed by atoms with Gasteiger partial charge in [-0.2, -0.15) is 5.10 Å². The molecule has 0 radical (unpaired) electrons. The molecule has 1 unspecified atom stereocenters. The molecule has 3 amide bonds. The van der Waals surface area contributed by atoms with Gasteiger partial charge in [0.1, 0.15) is 6.04 Å². The van der Waals surface area contributed by atoms with Crippen molar-refractivity contribution in [1.82, 2.24) is 4.90 Å². The maximum absolute atomic E-state index is 13.9. The molecule has 0 saturated heterocycles. The zero-order valence-electron chi connectivity index (χ0n) is 20.5. The number of amides is 3. The molecular weight excluding hydrogens is 470 g/mol. The lowest BCUT2D eigenvalue weighted by Gasteiger charge is -2.33. The lowest BCUT2D eigenvalue weighted by atomic mass is 10.1. The Bertz CT molecular complexity index is 1290. The first kappa shape index (κ1) is 25.4. The highest BCUT2D eigenvalue weighted by Gasteiger charge is 2.40. The first-order valence-corrected chi connectivity index (χ1v) is 11.9. The van der Waals surface area contributed by atoms with E-state index in [9.17, 15) is 19.5 Å². The van der Waals surface area contributed by atoms with E-state index in [0.29, 0.717) is 24.3 Å². The number of nitrogens with two attached hydrogens (primary N) is 1. The van der Waals surface area contributed by atoms with Gasteiger partial charge in [0.15, 0.2) is 0 Å². The second-order valence-electron chi connectivity index (χ2n) is 8.82. The highest BCUT2D eigenvalue weighted by Crippen LogP contribution is 2.32. The van der Waals surface area contributed by atoms with Gasteiger partial charge in [-0.15, -0.1) is 0 Å². The summed E-state index contributed by atoms with van der Waals surface area (Å²) in [6, 6.07) is 22.3. The second kappa shape index (κ2) is 11.4. The summed E-state index contributed by atoms with van der Waals surface area (Å²) in [5, 5.41) is 13.2. The Hall–Kier alpha value is -4.66. The minimum Gasteiger partial charge on any atom is -0.481 e. The van der Waals surface area contributed by atoms with Gasteiger partial charge >= 0.3 is 12.0 Å². The Morgan fingerprint density at radius 2 is 1.73 bits per heavy atom. The normalized spacial score (nSPS) is 15.4. The molecule has 1 aliphatic rings. The number of para-hydroxylation sites is 1. The summed E-state index contributed by atoms with van der Waals surface area (Å²) in [5.74, 6) is 3.65. The molecule has 0 fully saturated rings. The molecule has 9 nitrogen and oxygen atoms in total. The van der Waals surface area contributed by atoms with E-state index in [-0.39, 0.29) is 6.54 Å². The van der Waals surface area contributed by atoms with Crippen molar-refractivity contribution >= 4 is 35.5 Å². The molecular formula is C28H29N5O4. The van der Waals surface area contributed by atoms with Crippen molar-refractivity contribution in [3.8, 4) is 0 Å². The molecule has 0 aliphatic carbocycles. The standard InChI is InChI=1S/C28H29N5O4/c1-31(23-13-11-21(12-14-23)18-30-29)28(37)33-24-10-6-5-9-22(24)19-32(27(36)25(33)17-26(34)35)16-15-20-7-3-2-4-8-20/h2-14,18,25H,15-17,19,29H2,1H3,(H,34,35). The number of nitrogens with zero attached hydrogens (tertiary/aromatic N) is 4. The summed E-state index contributed by atoms with van der Waals surface area (Å²) >= 11 is 0. The first-order chi connectivity index (χ1) is 17.9. The smallest absolute Gasteiger partial charge is 0.329 e. The van der Waals surface area contributed by atoms with Crippen molar-refractivity contribution in [2.24, 2.45) is 10.9 Å². The summed E-state index contributed by atoms with van der Waals surface area (Å²) in [4.78, 5) is 43.9. The number of carbonyl (C=O) groups excluding carboxylic acids is 2. The van der Waals surface area contributed by atoms with Crippen molar-refractivity contribution in [2.75, 3.05) is 23.4 Å². The number of fused-ring (bicyclic) bond motifs is 1. The molecule has 0 saturated carbocycles. The van der Waals surface area contributed by atoms with Gasteiger partial charge < -0.3 is 15.8 Å². The van der Waals surface area contributed by atoms with E-state index < -0.39 is 30.4 Å². The molecule has 0 spiro atoms. The van der Waals surface area contributed by atoms with Crippen LogP contribution in [0.4, 0.5) is 16.2 Å². The number of hydrogen-bond donors (Lipinski definition) is 2. The lowest BCUT2D eigenvalue weighted by molar-refractivity contribution is -0.142. The molecule has 3 aromatic rings. The SMILES string of the molecule is CN(C(=O)N1c2ccccc2CN(CCc2ccccc2)C(=O)C1CC(=O)O)c1ccc(C=NN)cc1. The number of carbonyl (C=O) groups is 3. The number of carboxylic acids is 1. The highest BCUT2D eigenvalue weighted by molar-refractivity contribution is 6.09. The quantitative estimate of drug-likeness (QED) is 0.293. The molecule has 0 bridgehead atoms. The van der Waals surface area contributed by atoms with Crippen LogP contribution in [0.3, 0.4) is 0 Å². The number of rotatable bonds is 7. The van der Waals surface area contributed by atoms with Crippen LogP contribution in [-0.2, 0) is 22.6 Å². The molecule has 9 heteroatoms. The number of aliphatic carboxylic acids is 1. The molecule has 1 atom stereocenters. The summed E-state index contributed by atoms with van der Waals surface area (Å²) < 4.78 is 0. The summed E-state index contributed by atoms with van der Waals surface area (Å²) in [5.41, 5.74) is 3.70. The molecule has 37 heavy (non-hydrogen) atoms. The van der Waals surface area contributed by atoms with E-state index in [1.807, 2.05) is 42.5 Å². The van der Waals surface area contributed by atoms with Crippen molar-refractivity contribution in [3.63, 3.8) is 0 Å². The Morgan fingerprint density at radius 3 is 2.41 bits per heavy atom. The fourth-order valence-corrected chi connectivity index (χ4v) is 4.47. The second-order valence-corrected chi connectivity index (χ2v) is 8.82. The van der Waals surface area contributed by atoms with Crippen LogP contribution in [0.2, 0.25) is 0 Å². The number of urea groups is 1. The Labute approximate surface area is 215 Å². The molecule has 4 rings (SSSR count). The average Bonchev–Trinajstić information content (AvgIpc) is 3.02. The van der Waals surface area contributed by atoms with Gasteiger partial charge in [0.05, 0.1) is 18.3 Å². The summed E-state index contributed by atoms with van der Waals surface area (Å²) in [7, 11) is 1.59. The fourth-order valence-electron chi connectivity index (χ4n) is 4.47. The third kappa shape index (κ3) is 5.78. The van der Waals surface area contributed by atoms with Crippen molar-refractivity contribution in [2.45, 2.75) is 25.4 Å². The third-order valence-electron chi connectivity index (χ3n) is 6.40. The van der Waals surface area contributed by atoms with E-state index >= 15 is 0 Å². The fraction of sp³-hybridized carbons (Fsp3) is 0.214. The molecule has 1 aliphatic heterocycles. The van der Waals surface area contributed by atoms with Crippen LogP contribution in [0.15, 0.2) is 84.0 Å². The van der Waals surface area contributed by atoms with E-state index in [1.165, 1.54) is 16.0 Å². The highest BCUT2D eigenvalue weighted by atomic mass is 16.4. The van der Waals surface area contributed by atoms with Crippen LogP contribution in [0.1, 0.15) is 23.1 Å². The van der Waals surface area contributed by atoms with Gasteiger partial charge in [-0.1, -0.05) is 60.7 Å². The predicted molar refractivity (Wildman–Crippen MR) is 143 cm³/mol. The van der Waals surface area contributed by atoms with Crippen molar-refractivity contribution in [1.29, 1.82) is 0 Å². The van der Waals surface area contributed by atoms with Crippen LogP contribution in [0.25, 0.3) is 0 Å². The van der Waals surface area contributed by atoms with E-state index in [4.69, 9.17) is 5.84 Å². The summed E-state index contributed by atoms with van der Waals surface area (Å²) in [6.45, 7) is 0.675. The zero-order chi connectivity index (χ0) is 26.4. The van der Waals surface area contributed by atoms with Crippen molar-refractivity contribution in [3.05, 3.63) is 95.6 Å². The monoisotopic (exact) mass is 499 g/mol. The minimum atomic E-state index is -1.20. The van der Waals surface area contributed by atoms with Crippen LogP contribution in [-0.4, -0.2) is 53.8 Å². The zero-order valence-corrected chi connectivity index (χ0v) is 20.5. The van der Waals surface area contributed by atoms with Gasteiger partial charge in [0.25, 0.3) is 0 Å². The Balaban J connectivity index is 1.69. The number of hydrazone groups is 1.